The van der Waals surface area contributed by atoms with Crippen LogP contribution in [0.4, 0.5) is 5.82 Å². The predicted molar refractivity (Wildman–Crippen MR) is 129 cm³/mol. The Hall–Kier alpha value is -4.07. The van der Waals surface area contributed by atoms with E-state index in [1.807, 2.05) is 54.9 Å². The van der Waals surface area contributed by atoms with Crippen LogP contribution in [0, 0.1) is 13.8 Å². The number of carbonyl (C=O) groups is 1. The number of amides is 1. The molecule has 1 aromatic carbocycles. The third-order valence-electron chi connectivity index (χ3n) is 5.22. The SMILES string of the molecule is Cc1nn(-c2ccccc2)c(C)c1/C=C/C(=O)Nc1cc(C(C)(C)C)nn1-c1ncccn1. The van der Waals surface area contributed by atoms with E-state index in [1.54, 1.807) is 29.2 Å². The maximum absolute atomic E-state index is 12.8. The Morgan fingerprint density at radius 1 is 0.970 bits per heavy atom. The van der Waals surface area contributed by atoms with Gasteiger partial charge in [0.15, 0.2) is 0 Å². The average Bonchev–Trinajstić information content (AvgIpc) is 3.34. The van der Waals surface area contributed by atoms with E-state index in [-0.39, 0.29) is 11.3 Å². The molecule has 4 aromatic rings. The summed E-state index contributed by atoms with van der Waals surface area (Å²) in [5.41, 5.74) is 4.31. The first-order valence-corrected chi connectivity index (χ1v) is 10.7. The number of hydrogen-bond donors (Lipinski definition) is 1. The summed E-state index contributed by atoms with van der Waals surface area (Å²) in [6.07, 6.45) is 6.58. The van der Waals surface area contributed by atoms with Gasteiger partial charge in [-0.2, -0.15) is 14.9 Å². The molecule has 0 aliphatic rings. The van der Waals surface area contributed by atoms with Crippen molar-refractivity contribution in [1.29, 1.82) is 0 Å². The van der Waals surface area contributed by atoms with Crippen LogP contribution in [0.5, 0.6) is 0 Å². The number of anilines is 1. The van der Waals surface area contributed by atoms with E-state index in [4.69, 9.17) is 0 Å². The Kier molecular flexibility index (Phi) is 5.91. The molecule has 0 atom stereocenters. The topological polar surface area (TPSA) is 90.5 Å². The highest BCUT2D eigenvalue weighted by Crippen LogP contribution is 2.25. The molecule has 8 heteroatoms. The third-order valence-corrected chi connectivity index (χ3v) is 5.22. The zero-order chi connectivity index (χ0) is 23.6. The highest BCUT2D eigenvalue weighted by atomic mass is 16.1. The van der Waals surface area contributed by atoms with Crippen molar-refractivity contribution in [3.63, 3.8) is 0 Å². The van der Waals surface area contributed by atoms with Gasteiger partial charge in [0.2, 0.25) is 5.91 Å². The van der Waals surface area contributed by atoms with Crippen molar-refractivity contribution < 1.29 is 4.79 Å². The number of para-hydroxylation sites is 1. The van der Waals surface area contributed by atoms with Crippen LogP contribution < -0.4 is 5.32 Å². The molecule has 4 rings (SSSR count). The second kappa shape index (κ2) is 8.82. The summed E-state index contributed by atoms with van der Waals surface area (Å²) in [6, 6.07) is 13.5. The van der Waals surface area contributed by atoms with E-state index in [0.717, 1.165) is 28.3 Å². The van der Waals surface area contributed by atoms with Gasteiger partial charge in [-0.05, 0) is 38.1 Å². The molecule has 0 saturated carbocycles. The fourth-order valence-corrected chi connectivity index (χ4v) is 3.43. The molecule has 0 radical (unpaired) electrons. The largest absolute Gasteiger partial charge is 0.307 e. The lowest BCUT2D eigenvalue weighted by molar-refractivity contribution is -0.111. The number of rotatable bonds is 5. The van der Waals surface area contributed by atoms with Crippen LogP contribution >= 0.6 is 0 Å². The fraction of sp³-hybridized carbons (Fsp3) is 0.240. The van der Waals surface area contributed by atoms with Crippen LogP contribution in [0.1, 0.15) is 43.4 Å². The maximum Gasteiger partial charge on any atom is 0.252 e. The van der Waals surface area contributed by atoms with E-state index in [9.17, 15) is 4.79 Å². The monoisotopic (exact) mass is 441 g/mol. The van der Waals surface area contributed by atoms with Gasteiger partial charge >= 0.3 is 0 Å². The van der Waals surface area contributed by atoms with Crippen molar-refractivity contribution in [3.05, 3.63) is 83.6 Å². The second-order valence-electron chi connectivity index (χ2n) is 8.78. The second-order valence-corrected chi connectivity index (χ2v) is 8.78. The van der Waals surface area contributed by atoms with Crippen molar-refractivity contribution in [2.75, 3.05) is 5.32 Å². The van der Waals surface area contributed by atoms with E-state index < -0.39 is 0 Å². The summed E-state index contributed by atoms with van der Waals surface area (Å²) in [6.45, 7) is 10.1. The summed E-state index contributed by atoms with van der Waals surface area (Å²) in [7, 11) is 0. The minimum atomic E-state index is -0.279. The molecule has 8 nitrogen and oxygen atoms in total. The molecule has 0 aliphatic heterocycles. The van der Waals surface area contributed by atoms with Gasteiger partial charge in [0.25, 0.3) is 5.95 Å². The lowest BCUT2D eigenvalue weighted by Crippen LogP contribution is -2.14. The predicted octanol–water partition coefficient (Wildman–Crippen LogP) is 4.41. The Morgan fingerprint density at radius 3 is 2.33 bits per heavy atom. The summed E-state index contributed by atoms with van der Waals surface area (Å²) >= 11 is 0. The minimum Gasteiger partial charge on any atom is -0.307 e. The molecule has 0 saturated heterocycles. The molecule has 3 heterocycles. The van der Waals surface area contributed by atoms with E-state index in [0.29, 0.717) is 11.8 Å². The van der Waals surface area contributed by atoms with Crippen molar-refractivity contribution in [2.45, 2.75) is 40.0 Å². The first-order chi connectivity index (χ1) is 15.7. The van der Waals surface area contributed by atoms with Crippen molar-refractivity contribution in [3.8, 4) is 11.6 Å². The fourth-order valence-electron chi connectivity index (χ4n) is 3.43. The first-order valence-electron chi connectivity index (χ1n) is 10.7. The Morgan fingerprint density at radius 2 is 1.67 bits per heavy atom. The molecular weight excluding hydrogens is 414 g/mol. The molecule has 1 N–H and O–H groups in total. The highest BCUT2D eigenvalue weighted by Gasteiger charge is 2.22. The van der Waals surface area contributed by atoms with Gasteiger partial charge in [-0.3, -0.25) is 4.79 Å². The van der Waals surface area contributed by atoms with Gasteiger partial charge < -0.3 is 5.32 Å². The van der Waals surface area contributed by atoms with Crippen molar-refractivity contribution in [2.24, 2.45) is 0 Å². The summed E-state index contributed by atoms with van der Waals surface area (Å²) in [5.74, 6) is 0.621. The summed E-state index contributed by atoms with van der Waals surface area (Å²) in [5, 5.41) is 12.2. The highest BCUT2D eigenvalue weighted by molar-refractivity contribution is 6.01. The quantitative estimate of drug-likeness (QED) is 0.463. The van der Waals surface area contributed by atoms with Gasteiger partial charge in [0, 0.05) is 41.2 Å². The zero-order valence-corrected chi connectivity index (χ0v) is 19.4. The Bertz CT molecular complexity index is 1300. The average molecular weight is 442 g/mol. The van der Waals surface area contributed by atoms with Crippen molar-refractivity contribution >= 4 is 17.8 Å². The molecule has 0 spiro atoms. The third kappa shape index (κ3) is 4.74. The van der Waals surface area contributed by atoms with Crippen LogP contribution in [0.15, 0.2) is 60.9 Å². The summed E-state index contributed by atoms with van der Waals surface area (Å²) < 4.78 is 3.43. The number of nitrogens with zero attached hydrogens (tertiary/aromatic N) is 6. The van der Waals surface area contributed by atoms with E-state index in [2.05, 4.69) is 46.3 Å². The molecule has 1 amide bonds. The number of carbonyl (C=O) groups excluding carboxylic acids is 1. The molecule has 168 valence electrons. The van der Waals surface area contributed by atoms with Crippen LogP contribution in [-0.2, 0) is 10.2 Å². The first kappa shape index (κ1) is 22.1. The minimum absolute atomic E-state index is 0.199. The number of nitrogens with one attached hydrogen (secondary N) is 1. The molecule has 33 heavy (non-hydrogen) atoms. The molecule has 0 aliphatic carbocycles. The van der Waals surface area contributed by atoms with Gasteiger partial charge in [-0.15, -0.1) is 0 Å². The Balaban J connectivity index is 1.60. The van der Waals surface area contributed by atoms with E-state index >= 15 is 0 Å². The van der Waals surface area contributed by atoms with Gasteiger partial charge in [-0.25, -0.2) is 14.6 Å². The summed E-state index contributed by atoms with van der Waals surface area (Å²) in [4.78, 5) is 21.4. The lowest BCUT2D eigenvalue weighted by Gasteiger charge is -2.13. The lowest BCUT2D eigenvalue weighted by atomic mass is 9.92. The molecule has 3 aromatic heterocycles. The van der Waals surface area contributed by atoms with Crippen LogP contribution in [0.2, 0.25) is 0 Å². The number of aromatic nitrogens is 6. The molecule has 0 fully saturated rings. The van der Waals surface area contributed by atoms with E-state index in [1.165, 1.54) is 6.08 Å². The normalized spacial score (nSPS) is 11.8. The smallest absolute Gasteiger partial charge is 0.252 e. The molecule has 0 bridgehead atoms. The van der Waals surface area contributed by atoms with Gasteiger partial charge in [-0.1, -0.05) is 39.0 Å². The number of benzene rings is 1. The van der Waals surface area contributed by atoms with Crippen LogP contribution in [-0.4, -0.2) is 35.4 Å². The van der Waals surface area contributed by atoms with Gasteiger partial charge in [0.1, 0.15) is 5.82 Å². The molecule has 0 unspecified atom stereocenters. The Labute approximate surface area is 193 Å². The maximum atomic E-state index is 12.8. The zero-order valence-electron chi connectivity index (χ0n) is 19.4. The van der Waals surface area contributed by atoms with Crippen LogP contribution in [0.25, 0.3) is 17.7 Å². The van der Waals surface area contributed by atoms with Gasteiger partial charge in [0.05, 0.1) is 17.1 Å². The number of hydrogen-bond acceptors (Lipinski definition) is 5. The van der Waals surface area contributed by atoms with Crippen LogP contribution in [0.3, 0.4) is 0 Å². The standard InChI is InChI=1S/C25H27N7O/c1-17-20(18(2)31(29-17)19-10-7-6-8-11-19)12-13-23(33)28-22-16-21(25(3,4)5)30-32(22)24-26-14-9-15-27-24/h6-16H,1-5H3,(H,28,33)/b13-12+. The van der Waals surface area contributed by atoms with Crippen molar-refractivity contribution in [1.82, 2.24) is 29.5 Å². The molecular formula is C25H27N7O. The number of aryl methyl sites for hydroxylation is 1.